The molecule has 3 rings (SSSR count). The summed E-state index contributed by atoms with van der Waals surface area (Å²) in [5, 5.41) is 0.805. The normalized spacial score (nSPS) is 11.0. The molecule has 0 unspecified atom stereocenters. The summed E-state index contributed by atoms with van der Waals surface area (Å²) in [7, 11) is 0. The molecule has 1 heterocycles. The van der Waals surface area contributed by atoms with Gasteiger partial charge in [0.15, 0.2) is 5.13 Å². The molecule has 0 aliphatic heterocycles. The van der Waals surface area contributed by atoms with Gasteiger partial charge in [-0.3, -0.25) is 9.69 Å². The molecule has 0 radical (unpaired) electrons. The number of carbonyl (C=O) groups is 1. The fourth-order valence-electron chi connectivity index (χ4n) is 3.18. The first-order valence-electron chi connectivity index (χ1n) is 10.1. The summed E-state index contributed by atoms with van der Waals surface area (Å²) in [6.45, 7) is 12.0. The van der Waals surface area contributed by atoms with Crippen LogP contribution in [0.5, 0.6) is 0 Å². The molecule has 4 nitrogen and oxygen atoms in total. The van der Waals surface area contributed by atoms with Gasteiger partial charge in [-0.2, -0.15) is 0 Å². The summed E-state index contributed by atoms with van der Waals surface area (Å²) in [4.78, 5) is 23.4. The molecule has 0 aliphatic carbocycles. The summed E-state index contributed by atoms with van der Waals surface area (Å²) >= 11 is 3.19. The Labute approximate surface area is 194 Å². The van der Waals surface area contributed by atoms with Crippen LogP contribution < -0.4 is 4.90 Å². The van der Waals surface area contributed by atoms with E-state index in [4.69, 9.17) is 4.98 Å². The Morgan fingerprint density at radius 1 is 1.03 bits per heavy atom. The van der Waals surface area contributed by atoms with Crippen molar-refractivity contribution < 1.29 is 4.79 Å². The number of thiazole rings is 1. The first-order valence-corrected chi connectivity index (χ1v) is 11.9. The summed E-state index contributed by atoms with van der Waals surface area (Å²) in [5.41, 5.74) is 3.44. The van der Waals surface area contributed by atoms with Gasteiger partial charge in [0.05, 0.1) is 16.0 Å². The Morgan fingerprint density at radius 2 is 1.73 bits per heavy atom. The number of amides is 1. The second-order valence-electron chi connectivity index (χ2n) is 7.02. The summed E-state index contributed by atoms with van der Waals surface area (Å²) in [5.74, 6) is 0.523. The second kappa shape index (κ2) is 11.7. The Morgan fingerprint density at radius 3 is 2.40 bits per heavy atom. The van der Waals surface area contributed by atoms with E-state index in [-0.39, 0.29) is 18.3 Å². The van der Waals surface area contributed by atoms with Crippen molar-refractivity contribution in [2.75, 3.05) is 36.8 Å². The number of nitrogens with zero attached hydrogens (tertiary/aromatic N) is 3. The van der Waals surface area contributed by atoms with Crippen molar-refractivity contribution in [3.8, 4) is 0 Å². The van der Waals surface area contributed by atoms with Crippen molar-refractivity contribution in [3.63, 3.8) is 0 Å². The minimum atomic E-state index is 0. The third kappa shape index (κ3) is 5.97. The third-order valence-electron chi connectivity index (χ3n) is 5.25. The van der Waals surface area contributed by atoms with Crippen molar-refractivity contribution in [2.24, 2.45) is 0 Å². The number of benzene rings is 2. The average Bonchev–Trinajstić information content (AvgIpc) is 3.18. The largest absolute Gasteiger partial charge is 0.302 e. The topological polar surface area (TPSA) is 36.4 Å². The molecular formula is C23H30ClN3OS2. The number of fused-ring (bicyclic) bond motifs is 1. The fourth-order valence-corrected chi connectivity index (χ4v) is 5.04. The smallest absolute Gasteiger partial charge is 0.239 e. The number of aromatic nitrogens is 1. The van der Waals surface area contributed by atoms with Gasteiger partial charge < -0.3 is 4.90 Å². The van der Waals surface area contributed by atoms with Gasteiger partial charge in [-0.1, -0.05) is 49.4 Å². The lowest BCUT2D eigenvalue weighted by Gasteiger charge is -2.24. The highest BCUT2D eigenvalue weighted by Gasteiger charge is 2.21. The molecule has 0 aliphatic rings. The SMILES string of the molecule is CCN(CC)CCN(C(=O)CSc1ccccc1)c1nc2c(C)c(C)ccc2s1.Cl. The average molecular weight is 464 g/mol. The molecule has 0 saturated carbocycles. The Kier molecular flexibility index (Phi) is 9.62. The van der Waals surface area contributed by atoms with Crippen molar-refractivity contribution in [1.82, 2.24) is 9.88 Å². The predicted octanol–water partition coefficient (Wildman–Crippen LogP) is 5.80. The van der Waals surface area contributed by atoms with E-state index in [1.807, 2.05) is 35.2 Å². The number of thioether (sulfide) groups is 1. The number of halogens is 1. The van der Waals surface area contributed by atoms with Crippen LogP contribution in [-0.4, -0.2) is 47.7 Å². The zero-order valence-corrected chi connectivity index (χ0v) is 20.5. The van der Waals surface area contributed by atoms with Gasteiger partial charge in [-0.15, -0.1) is 24.2 Å². The van der Waals surface area contributed by atoms with Gasteiger partial charge in [-0.25, -0.2) is 4.98 Å². The molecule has 0 bridgehead atoms. The molecule has 0 atom stereocenters. The number of carbonyl (C=O) groups excluding carboxylic acids is 1. The molecular weight excluding hydrogens is 434 g/mol. The number of hydrogen-bond donors (Lipinski definition) is 0. The van der Waals surface area contributed by atoms with E-state index in [0.717, 1.165) is 39.9 Å². The van der Waals surface area contributed by atoms with E-state index in [2.05, 4.69) is 44.7 Å². The van der Waals surface area contributed by atoms with Crippen molar-refractivity contribution in [2.45, 2.75) is 32.6 Å². The molecule has 0 fully saturated rings. The summed E-state index contributed by atoms with van der Waals surface area (Å²) in [6.07, 6.45) is 0. The molecule has 0 spiro atoms. The first kappa shape index (κ1) is 24.7. The van der Waals surface area contributed by atoms with Gasteiger partial charge in [0.1, 0.15) is 0 Å². The van der Waals surface area contributed by atoms with Crippen LogP contribution in [0.4, 0.5) is 5.13 Å². The van der Waals surface area contributed by atoms with Crippen molar-refractivity contribution >= 4 is 56.8 Å². The van der Waals surface area contributed by atoms with Crippen LogP contribution in [0.3, 0.4) is 0 Å². The van der Waals surface area contributed by atoms with Crippen molar-refractivity contribution in [1.29, 1.82) is 0 Å². The quantitative estimate of drug-likeness (QED) is 0.375. The molecule has 3 aromatic rings. The van der Waals surface area contributed by atoms with E-state index in [9.17, 15) is 4.79 Å². The summed E-state index contributed by atoms with van der Waals surface area (Å²) in [6, 6.07) is 14.3. The second-order valence-corrected chi connectivity index (χ2v) is 9.08. The molecule has 0 N–H and O–H groups in total. The molecule has 162 valence electrons. The van der Waals surface area contributed by atoms with Gasteiger partial charge in [0, 0.05) is 18.0 Å². The Balaban J connectivity index is 0.00000320. The summed E-state index contributed by atoms with van der Waals surface area (Å²) < 4.78 is 1.14. The molecule has 7 heteroatoms. The number of rotatable bonds is 9. The minimum absolute atomic E-state index is 0. The lowest BCUT2D eigenvalue weighted by atomic mass is 10.1. The first-order chi connectivity index (χ1) is 14.0. The maximum Gasteiger partial charge on any atom is 0.239 e. The maximum atomic E-state index is 13.2. The van der Waals surface area contributed by atoms with Crippen LogP contribution in [0.15, 0.2) is 47.4 Å². The van der Waals surface area contributed by atoms with E-state index in [0.29, 0.717) is 12.3 Å². The van der Waals surface area contributed by atoms with Crippen molar-refractivity contribution in [3.05, 3.63) is 53.6 Å². The number of likely N-dealkylation sites (N-methyl/N-ethyl adjacent to an activating group) is 1. The van der Waals surface area contributed by atoms with Crippen LogP contribution in [0.25, 0.3) is 10.2 Å². The third-order valence-corrected chi connectivity index (χ3v) is 7.29. The van der Waals surface area contributed by atoms with E-state index < -0.39 is 0 Å². The van der Waals surface area contributed by atoms with Gasteiger partial charge in [0.25, 0.3) is 0 Å². The molecule has 30 heavy (non-hydrogen) atoms. The lowest BCUT2D eigenvalue weighted by molar-refractivity contribution is -0.116. The Bertz CT molecular complexity index is 958. The molecule has 1 amide bonds. The van der Waals surface area contributed by atoms with E-state index in [1.54, 1.807) is 23.1 Å². The molecule has 2 aromatic carbocycles. The monoisotopic (exact) mass is 463 g/mol. The highest BCUT2D eigenvalue weighted by Crippen LogP contribution is 2.32. The van der Waals surface area contributed by atoms with Gasteiger partial charge in [-0.05, 0) is 56.3 Å². The van der Waals surface area contributed by atoms with Crippen LogP contribution in [0.2, 0.25) is 0 Å². The lowest BCUT2D eigenvalue weighted by Crippen LogP contribution is -2.39. The zero-order valence-electron chi connectivity index (χ0n) is 18.1. The number of hydrogen-bond acceptors (Lipinski definition) is 5. The standard InChI is InChI=1S/C23H29N3OS2.ClH/c1-5-25(6-2)14-15-26(21(27)16-28-19-10-8-7-9-11-19)23-24-22-18(4)17(3)12-13-20(22)29-23;/h7-13H,5-6,14-16H2,1-4H3;1H. The number of anilines is 1. The van der Waals surface area contributed by atoms with Crippen LogP contribution in [0.1, 0.15) is 25.0 Å². The number of aryl methyl sites for hydroxylation is 2. The molecule has 1 aromatic heterocycles. The predicted molar refractivity (Wildman–Crippen MR) is 134 cm³/mol. The highest BCUT2D eigenvalue weighted by atomic mass is 35.5. The van der Waals surface area contributed by atoms with E-state index in [1.165, 1.54) is 11.1 Å². The maximum absolute atomic E-state index is 13.2. The highest BCUT2D eigenvalue weighted by molar-refractivity contribution is 8.00. The minimum Gasteiger partial charge on any atom is -0.302 e. The van der Waals surface area contributed by atoms with Crippen LogP contribution >= 0.6 is 35.5 Å². The van der Waals surface area contributed by atoms with Gasteiger partial charge >= 0.3 is 0 Å². The van der Waals surface area contributed by atoms with E-state index >= 15 is 0 Å². The Hall–Kier alpha value is -1.60. The fraction of sp³-hybridized carbons (Fsp3) is 0.391. The van der Waals surface area contributed by atoms with Crippen LogP contribution in [-0.2, 0) is 4.79 Å². The zero-order chi connectivity index (χ0) is 20.8. The molecule has 0 saturated heterocycles. The van der Waals surface area contributed by atoms with Gasteiger partial charge in [0.2, 0.25) is 5.91 Å². The van der Waals surface area contributed by atoms with Crippen LogP contribution in [0, 0.1) is 13.8 Å².